The quantitative estimate of drug-likeness (QED) is 0.923. The van der Waals surface area contributed by atoms with Gasteiger partial charge in [0.05, 0.1) is 23.8 Å². The Morgan fingerprint density at radius 2 is 2.00 bits per heavy atom. The number of hydrogen-bond donors (Lipinski definition) is 1. The van der Waals surface area contributed by atoms with E-state index in [0.717, 1.165) is 6.42 Å². The average molecular weight is 331 g/mol. The van der Waals surface area contributed by atoms with Crippen molar-refractivity contribution in [3.8, 4) is 0 Å². The highest BCUT2D eigenvalue weighted by molar-refractivity contribution is 6.10. The van der Waals surface area contributed by atoms with Crippen LogP contribution in [0.25, 0.3) is 0 Å². The Bertz CT molecular complexity index is 684. The molecule has 1 aromatic carbocycles. The van der Waals surface area contributed by atoms with Crippen LogP contribution in [0.4, 0.5) is 5.69 Å². The van der Waals surface area contributed by atoms with E-state index < -0.39 is 23.0 Å². The lowest BCUT2D eigenvalue weighted by molar-refractivity contribution is -0.172. The summed E-state index contributed by atoms with van der Waals surface area (Å²) in [5.74, 6) is -1.41. The van der Waals surface area contributed by atoms with Crippen molar-refractivity contribution in [3.63, 3.8) is 0 Å². The van der Waals surface area contributed by atoms with Gasteiger partial charge in [0.25, 0.3) is 5.91 Å². The third-order valence-electron chi connectivity index (χ3n) is 5.28. The SMILES string of the molecule is CC[C@H](C)N1C(=O)[C@](O)([C@@H]2COC(C)(C)CC2=O)c2ccccc21. The molecule has 130 valence electrons. The number of hydrogen-bond acceptors (Lipinski definition) is 4. The van der Waals surface area contributed by atoms with Crippen molar-refractivity contribution in [1.29, 1.82) is 0 Å². The number of ketones is 1. The number of aliphatic hydroxyl groups is 1. The van der Waals surface area contributed by atoms with Crippen molar-refractivity contribution in [3.05, 3.63) is 29.8 Å². The fourth-order valence-corrected chi connectivity index (χ4v) is 3.72. The number of amides is 1. The predicted molar refractivity (Wildman–Crippen MR) is 90.7 cm³/mol. The van der Waals surface area contributed by atoms with Crippen molar-refractivity contribution in [2.75, 3.05) is 11.5 Å². The molecule has 2 aliphatic heterocycles. The maximum Gasteiger partial charge on any atom is 0.264 e. The third-order valence-corrected chi connectivity index (χ3v) is 5.28. The summed E-state index contributed by atoms with van der Waals surface area (Å²) in [5.41, 5.74) is -1.19. The number of rotatable bonds is 3. The van der Waals surface area contributed by atoms with E-state index in [0.29, 0.717) is 11.3 Å². The summed E-state index contributed by atoms with van der Waals surface area (Å²) in [6.45, 7) is 7.69. The molecule has 1 amide bonds. The zero-order valence-corrected chi connectivity index (χ0v) is 14.7. The lowest BCUT2D eigenvalue weighted by atomic mass is 9.76. The van der Waals surface area contributed by atoms with E-state index in [4.69, 9.17) is 4.74 Å². The molecule has 24 heavy (non-hydrogen) atoms. The molecule has 0 spiro atoms. The van der Waals surface area contributed by atoms with Crippen LogP contribution in [0.5, 0.6) is 0 Å². The molecule has 1 aromatic rings. The number of fused-ring (bicyclic) bond motifs is 1. The molecule has 0 radical (unpaired) electrons. The van der Waals surface area contributed by atoms with Gasteiger partial charge in [-0.25, -0.2) is 0 Å². The van der Waals surface area contributed by atoms with Gasteiger partial charge in [-0.05, 0) is 33.3 Å². The van der Waals surface area contributed by atoms with Crippen LogP contribution in [0.15, 0.2) is 24.3 Å². The zero-order valence-electron chi connectivity index (χ0n) is 14.7. The highest BCUT2D eigenvalue weighted by Crippen LogP contribution is 2.48. The van der Waals surface area contributed by atoms with E-state index in [2.05, 4.69) is 0 Å². The Kier molecular flexibility index (Phi) is 4.04. The van der Waals surface area contributed by atoms with Gasteiger partial charge in [-0.15, -0.1) is 0 Å². The van der Waals surface area contributed by atoms with Gasteiger partial charge >= 0.3 is 0 Å². The van der Waals surface area contributed by atoms with Gasteiger partial charge in [0.2, 0.25) is 0 Å². The van der Waals surface area contributed by atoms with Crippen LogP contribution >= 0.6 is 0 Å². The molecule has 0 bridgehead atoms. The maximum absolute atomic E-state index is 13.2. The van der Waals surface area contributed by atoms with Gasteiger partial charge in [0.1, 0.15) is 5.78 Å². The third kappa shape index (κ3) is 2.38. The van der Waals surface area contributed by atoms with Crippen LogP contribution in [-0.4, -0.2) is 35.0 Å². The molecule has 1 fully saturated rings. The summed E-state index contributed by atoms with van der Waals surface area (Å²) in [7, 11) is 0. The van der Waals surface area contributed by atoms with E-state index in [1.54, 1.807) is 17.0 Å². The predicted octanol–water partition coefficient (Wildman–Crippen LogP) is 2.40. The van der Waals surface area contributed by atoms with Crippen LogP contribution < -0.4 is 4.90 Å². The van der Waals surface area contributed by atoms with E-state index in [1.807, 2.05) is 39.8 Å². The number of benzene rings is 1. The molecule has 2 aliphatic rings. The second-order valence-electron chi connectivity index (χ2n) is 7.48. The molecule has 1 saturated heterocycles. The first kappa shape index (κ1) is 17.1. The van der Waals surface area contributed by atoms with Gasteiger partial charge in [0, 0.05) is 18.0 Å². The summed E-state index contributed by atoms with van der Waals surface area (Å²) < 4.78 is 5.76. The minimum absolute atomic E-state index is 0.0521. The Morgan fingerprint density at radius 3 is 2.62 bits per heavy atom. The molecular formula is C19H25NO4. The van der Waals surface area contributed by atoms with E-state index in [-0.39, 0.29) is 24.9 Å². The van der Waals surface area contributed by atoms with Gasteiger partial charge in [-0.1, -0.05) is 25.1 Å². The van der Waals surface area contributed by atoms with Crippen molar-refractivity contribution < 1.29 is 19.4 Å². The first-order chi connectivity index (χ1) is 11.2. The first-order valence-corrected chi connectivity index (χ1v) is 8.54. The normalized spacial score (nSPS) is 30.4. The molecule has 0 aliphatic carbocycles. The Morgan fingerprint density at radius 1 is 1.33 bits per heavy atom. The van der Waals surface area contributed by atoms with Crippen LogP contribution in [0.2, 0.25) is 0 Å². The lowest BCUT2D eigenvalue weighted by Gasteiger charge is -2.39. The van der Waals surface area contributed by atoms with Crippen LogP contribution in [0, 0.1) is 5.92 Å². The Labute approximate surface area is 142 Å². The number of para-hydroxylation sites is 1. The maximum atomic E-state index is 13.2. The minimum Gasteiger partial charge on any atom is -0.375 e. The summed E-state index contributed by atoms with van der Waals surface area (Å²) in [6, 6.07) is 7.15. The van der Waals surface area contributed by atoms with Crippen molar-refractivity contribution in [2.24, 2.45) is 5.92 Å². The van der Waals surface area contributed by atoms with Crippen LogP contribution in [0.1, 0.15) is 46.1 Å². The Hall–Kier alpha value is -1.72. The first-order valence-electron chi connectivity index (χ1n) is 8.54. The molecule has 5 nitrogen and oxygen atoms in total. The highest BCUT2D eigenvalue weighted by atomic mass is 16.5. The number of ether oxygens (including phenoxy) is 1. The molecule has 3 atom stereocenters. The summed E-state index contributed by atoms with van der Waals surface area (Å²) >= 11 is 0. The van der Waals surface area contributed by atoms with Crippen LogP contribution in [0.3, 0.4) is 0 Å². The monoisotopic (exact) mass is 331 g/mol. The standard InChI is InChI=1S/C19H25NO4/c1-5-12(2)20-15-9-7-6-8-13(15)19(23,17(20)22)14-11-24-18(3,4)10-16(14)21/h6-9,12,14,23H,5,10-11H2,1-4H3/t12-,14+,19+/m0/s1. The number of Topliss-reactive ketones (excluding diaryl/α,β-unsaturated/α-hetero) is 1. The van der Waals surface area contributed by atoms with E-state index in [9.17, 15) is 14.7 Å². The van der Waals surface area contributed by atoms with Crippen molar-refractivity contribution >= 4 is 17.4 Å². The van der Waals surface area contributed by atoms with Crippen molar-refractivity contribution in [1.82, 2.24) is 0 Å². The molecule has 2 heterocycles. The number of anilines is 1. The van der Waals surface area contributed by atoms with Crippen molar-refractivity contribution in [2.45, 2.75) is 57.8 Å². The van der Waals surface area contributed by atoms with Gasteiger partial charge in [0.15, 0.2) is 5.60 Å². The smallest absolute Gasteiger partial charge is 0.264 e. The van der Waals surface area contributed by atoms with E-state index in [1.165, 1.54) is 0 Å². The molecule has 0 aromatic heterocycles. The minimum atomic E-state index is -1.84. The van der Waals surface area contributed by atoms with Gasteiger partial charge in [-0.2, -0.15) is 0 Å². The number of carbonyl (C=O) groups is 2. The number of nitrogens with zero attached hydrogens (tertiary/aromatic N) is 1. The molecule has 0 saturated carbocycles. The van der Waals surface area contributed by atoms with Gasteiger partial charge in [-0.3, -0.25) is 9.59 Å². The topological polar surface area (TPSA) is 66.8 Å². The van der Waals surface area contributed by atoms with E-state index >= 15 is 0 Å². The van der Waals surface area contributed by atoms with Crippen LogP contribution in [-0.2, 0) is 19.9 Å². The average Bonchev–Trinajstić information content (AvgIpc) is 2.75. The lowest BCUT2D eigenvalue weighted by Crippen LogP contribution is -2.55. The molecular weight excluding hydrogens is 306 g/mol. The molecule has 0 unspecified atom stereocenters. The summed E-state index contributed by atoms with van der Waals surface area (Å²) in [4.78, 5) is 27.5. The van der Waals surface area contributed by atoms with Gasteiger partial charge < -0.3 is 14.7 Å². The molecule has 1 N–H and O–H groups in total. The fraction of sp³-hybridized carbons (Fsp3) is 0.579. The fourth-order valence-electron chi connectivity index (χ4n) is 3.72. The molecule has 3 rings (SSSR count). The second kappa shape index (κ2) is 5.67. The second-order valence-corrected chi connectivity index (χ2v) is 7.48. The zero-order chi connectivity index (χ0) is 17.7. The Balaban J connectivity index is 2.07. The largest absolute Gasteiger partial charge is 0.375 e. The summed E-state index contributed by atoms with van der Waals surface area (Å²) in [6.07, 6.45) is 0.955. The molecule has 5 heteroatoms. The summed E-state index contributed by atoms with van der Waals surface area (Å²) in [5, 5.41) is 11.4. The number of carbonyl (C=O) groups excluding carboxylic acids is 2. The highest BCUT2D eigenvalue weighted by Gasteiger charge is 2.59.